The molecule has 1 atom stereocenters. The molecule has 0 spiro atoms. The number of hydrogen-bond acceptors (Lipinski definition) is 2. The van der Waals surface area contributed by atoms with Gasteiger partial charge >= 0.3 is 6.18 Å². The first-order valence-corrected chi connectivity index (χ1v) is 6.39. The molecule has 1 aliphatic carbocycles. The van der Waals surface area contributed by atoms with Gasteiger partial charge < -0.3 is 10.1 Å². The van der Waals surface area contributed by atoms with Gasteiger partial charge in [-0.25, -0.2) is 0 Å². The number of halogens is 4. The highest BCUT2D eigenvalue weighted by Crippen LogP contribution is 2.47. The van der Waals surface area contributed by atoms with Crippen molar-refractivity contribution in [3.05, 3.63) is 28.8 Å². The van der Waals surface area contributed by atoms with Crippen LogP contribution in [0.4, 0.5) is 18.9 Å². The van der Waals surface area contributed by atoms with E-state index in [2.05, 4.69) is 17.2 Å². The van der Waals surface area contributed by atoms with Gasteiger partial charge in [-0.3, -0.25) is 0 Å². The highest BCUT2D eigenvalue weighted by atomic mass is 35.5. The lowest BCUT2D eigenvalue weighted by molar-refractivity contribution is -0.259. The van der Waals surface area contributed by atoms with E-state index in [-0.39, 0.29) is 22.2 Å². The van der Waals surface area contributed by atoms with Crippen LogP contribution in [0, 0.1) is 17.8 Å². The molecule has 0 amide bonds. The van der Waals surface area contributed by atoms with Crippen LogP contribution in [0.15, 0.2) is 18.2 Å². The zero-order chi connectivity index (χ0) is 16.2. The van der Waals surface area contributed by atoms with Crippen LogP contribution in [-0.4, -0.2) is 12.9 Å². The molecule has 1 aromatic carbocycles. The Morgan fingerprint density at radius 3 is 2.85 bits per heavy atom. The summed E-state index contributed by atoms with van der Waals surface area (Å²) in [4.78, 5) is 0. The van der Waals surface area contributed by atoms with Gasteiger partial charge in [-0.1, -0.05) is 23.4 Å². The second kappa shape index (κ2) is 4.57. The predicted molar refractivity (Wildman–Crippen MR) is 69.3 cm³/mol. The van der Waals surface area contributed by atoms with Crippen molar-refractivity contribution in [1.82, 2.24) is 0 Å². The van der Waals surface area contributed by atoms with E-state index in [1.165, 1.54) is 12.1 Å². The van der Waals surface area contributed by atoms with Gasteiger partial charge in [0.2, 0.25) is 0 Å². The van der Waals surface area contributed by atoms with Crippen LogP contribution in [0.3, 0.4) is 0 Å². The Morgan fingerprint density at radius 1 is 1.45 bits per heavy atom. The van der Waals surface area contributed by atoms with Gasteiger partial charge in [-0.2, -0.15) is 13.2 Å². The lowest BCUT2D eigenvalue weighted by atomic mass is 9.91. The standard InChI is InChI=1S/C14H11ClF3NO/c15-10-3-4-12-11(7-10)13(14(16,17)18,20-8-19-12)6-5-9-1-2-9/h3-4,7,9,19H,1-2,8H2/t13-/m0/s1/i8+1D2. The Kier molecular flexibility index (Phi) is 2.58. The molecule has 0 radical (unpaired) electrons. The number of benzene rings is 1. The second-order valence-corrected chi connectivity index (χ2v) is 5.18. The summed E-state index contributed by atoms with van der Waals surface area (Å²) in [6.07, 6.45) is -3.42. The van der Waals surface area contributed by atoms with Crippen molar-refractivity contribution in [1.29, 1.82) is 0 Å². The molecule has 0 unspecified atom stereocenters. The topological polar surface area (TPSA) is 21.3 Å². The van der Waals surface area contributed by atoms with Gasteiger partial charge in [0, 0.05) is 22.2 Å². The monoisotopic (exact) mass is 304 g/mol. The third kappa shape index (κ3) is 2.23. The van der Waals surface area contributed by atoms with Crippen molar-refractivity contribution < 1.29 is 20.6 Å². The highest BCUT2D eigenvalue weighted by molar-refractivity contribution is 6.30. The quantitative estimate of drug-likeness (QED) is 0.579. The molecule has 1 N–H and O–H groups in total. The molecule has 0 aromatic heterocycles. The number of rotatable bonds is 0. The molecule has 1 heterocycles. The minimum Gasteiger partial charge on any atom is -0.362 e. The molecule has 1 aliphatic heterocycles. The van der Waals surface area contributed by atoms with E-state index in [9.17, 15) is 13.2 Å². The summed E-state index contributed by atoms with van der Waals surface area (Å²) in [5.41, 5.74) is -3.40. The third-order valence-electron chi connectivity index (χ3n) is 3.18. The fourth-order valence-electron chi connectivity index (χ4n) is 1.93. The Balaban J connectivity index is 2.23. The Labute approximate surface area is 122 Å². The summed E-state index contributed by atoms with van der Waals surface area (Å²) in [6.45, 7) is -2.70. The molecular weight excluding hydrogens is 292 g/mol. The summed E-state index contributed by atoms with van der Waals surface area (Å²) in [6, 6.07) is 3.77. The first kappa shape index (κ1) is 11.3. The van der Waals surface area contributed by atoms with Crippen LogP contribution in [0.2, 0.25) is 5.02 Å². The number of hydrogen-bond donors (Lipinski definition) is 1. The van der Waals surface area contributed by atoms with Crippen molar-refractivity contribution >= 4 is 17.3 Å². The van der Waals surface area contributed by atoms with Crippen molar-refractivity contribution in [2.24, 2.45) is 5.92 Å². The molecule has 2 aliphatic rings. The average Bonchev–Trinajstić information content (AvgIpc) is 3.18. The van der Waals surface area contributed by atoms with Gasteiger partial charge in [-0.15, -0.1) is 0 Å². The molecular formula is C14H11ClF3NO. The summed E-state index contributed by atoms with van der Waals surface area (Å²) in [7, 11) is 0. The molecule has 0 saturated heterocycles. The van der Waals surface area contributed by atoms with Crippen LogP contribution in [0.5, 0.6) is 0 Å². The van der Waals surface area contributed by atoms with Crippen LogP contribution in [0.25, 0.3) is 0 Å². The van der Waals surface area contributed by atoms with Crippen molar-refractivity contribution in [2.75, 3.05) is 12.0 Å². The lowest BCUT2D eigenvalue weighted by Crippen LogP contribution is -2.47. The summed E-state index contributed by atoms with van der Waals surface area (Å²) < 4.78 is 61.2. The molecule has 3 rings (SSSR count). The maximum Gasteiger partial charge on any atom is 0.433 e. The van der Waals surface area contributed by atoms with Crippen molar-refractivity contribution in [2.45, 2.75) is 24.6 Å². The highest BCUT2D eigenvalue weighted by Gasteiger charge is 2.59. The zero-order valence-electron chi connectivity index (χ0n) is 12.1. The SMILES string of the molecule is [2H][13C]1([2H])Nc2ccc(Cl)cc2[C@@](C#CC2CC2)(C(F)(F)F)O1. The maximum absolute atomic E-state index is 13.8. The fourth-order valence-corrected chi connectivity index (χ4v) is 2.11. The third-order valence-corrected chi connectivity index (χ3v) is 3.41. The number of nitrogens with one attached hydrogen (secondary N) is 1. The Hall–Kier alpha value is -1.38. The lowest BCUT2D eigenvalue weighted by Gasteiger charge is -2.36. The molecule has 2 nitrogen and oxygen atoms in total. The first-order chi connectivity index (χ1) is 10.1. The summed E-state index contributed by atoms with van der Waals surface area (Å²) >= 11 is 5.81. The molecule has 0 bridgehead atoms. The van der Waals surface area contributed by atoms with E-state index >= 15 is 0 Å². The Morgan fingerprint density at radius 2 is 2.20 bits per heavy atom. The Bertz CT molecular complexity index is 679. The second-order valence-electron chi connectivity index (χ2n) is 4.74. The van der Waals surface area contributed by atoms with Crippen LogP contribution < -0.4 is 5.32 Å². The van der Waals surface area contributed by atoms with Crippen LogP contribution in [0.1, 0.15) is 21.1 Å². The number of ether oxygens (including phenoxy) is 1. The van der Waals surface area contributed by atoms with E-state index in [4.69, 9.17) is 19.1 Å². The fraction of sp³-hybridized carbons (Fsp3) is 0.429. The number of alkyl halides is 3. The summed E-state index contributed by atoms with van der Waals surface area (Å²) in [5.74, 6) is 4.59. The molecule has 20 heavy (non-hydrogen) atoms. The van der Waals surface area contributed by atoms with Gasteiger partial charge in [0.1, 0.15) is 6.68 Å². The van der Waals surface area contributed by atoms with Crippen molar-refractivity contribution in [3.8, 4) is 11.8 Å². The van der Waals surface area contributed by atoms with E-state index in [1.54, 1.807) is 0 Å². The normalized spacial score (nSPS) is 29.2. The maximum atomic E-state index is 13.8. The molecule has 1 fully saturated rings. The van der Waals surface area contributed by atoms with Crippen LogP contribution in [-0.2, 0) is 10.3 Å². The largest absolute Gasteiger partial charge is 0.433 e. The molecule has 1 saturated carbocycles. The van der Waals surface area contributed by atoms with Crippen LogP contribution >= 0.6 is 11.6 Å². The zero-order valence-corrected chi connectivity index (χ0v) is 10.9. The minimum absolute atomic E-state index is 0.0388. The average molecular weight is 305 g/mol. The van der Waals surface area contributed by atoms with Crippen molar-refractivity contribution in [3.63, 3.8) is 0 Å². The van der Waals surface area contributed by atoms with Gasteiger partial charge in [0.15, 0.2) is 0 Å². The molecule has 6 heteroatoms. The molecule has 106 valence electrons. The van der Waals surface area contributed by atoms with E-state index in [1.807, 2.05) is 0 Å². The minimum atomic E-state index is -4.91. The van der Waals surface area contributed by atoms with Gasteiger partial charge in [0.05, 0.1) is 2.74 Å². The van der Waals surface area contributed by atoms with E-state index in [0.29, 0.717) is 0 Å². The van der Waals surface area contributed by atoms with E-state index < -0.39 is 18.5 Å². The number of anilines is 1. The number of fused-ring (bicyclic) bond motifs is 1. The van der Waals surface area contributed by atoms with E-state index in [0.717, 1.165) is 18.9 Å². The summed E-state index contributed by atoms with van der Waals surface area (Å²) in [5, 5.41) is 2.37. The first-order valence-electron chi connectivity index (χ1n) is 7.01. The molecule has 1 aromatic rings. The predicted octanol–water partition coefficient (Wildman–Crippen LogP) is 3.91. The van der Waals surface area contributed by atoms with Gasteiger partial charge in [0.25, 0.3) is 5.60 Å². The van der Waals surface area contributed by atoms with Gasteiger partial charge in [-0.05, 0) is 31.0 Å². The smallest absolute Gasteiger partial charge is 0.362 e.